The first kappa shape index (κ1) is 67.6. The molecule has 73 heavy (non-hydrogen) atoms. The van der Waals surface area contributed by atoms with Crippen LogP contribution in [0.15, 0.2) is 18.2 Å². The Kier molecular flexibility index (Phi) is 37.9. The molecular formula is C59H98Cl2F3N3O6. The number of carboxylic acid groups (broad SMARTS) is 3. The smallest absolute Gasteiger partial charge is 0.355 e. The third kappa shape index (κ3) is 34.0. The van der Waals surface area contributed by atoms with Crippen molar-refractivity contribution in [2.24, 2.45) is 5.41 Å². The van der Waals surface area contributed by atoms with E-state index in [9.17, 15) is 27.6 Å². The molecule has 0 radical (unpaired) electrons. The normalized spacial score (nSPS) is 11.6. The maximum Gasteiger partial charge on any atom is 0.355 e. The van der Waals surface area contributed by atoms with E-state index in [4.69, 9.17) is 38.5 Å². The van der Waals surface area contributed by atoms with E-state index in [-0.39, 0.29) is 46.8 Å². The molecule has 9 nitrogen and oxygen atoms in total. The molecule has 0 spiro atoms. The molecule has 3 heterocycles. The van der Waals surface area contributed by atoms with Crippen molar-refractivity contribution in [2.75, 3.05) is 0 Å². The number of aromatic carboxylic acids is 3. The summed E-state index contributed by atoms with van der Waals surface area (Å²) in [7, 11) is 0. The fourth-order valence-corrected chi connectivity index (χ4v) is 9.78. The number of carbonyl (C=O) groups is 3. The Bertz CT molecular complexity index is 1890. The van der Waals surface area contributed by atoms with E-state index >= 15 is 0 Å². The molecule has 0 saturated heterocycles. The molecule has 0 aromatic carbocycles. The first-order valence-electron chi connectivity index (χ1n) is 28.6. The summed E-state index contributed by atoms with van der Waals surface area (Å²) in [5.74, 6) is -6.79. The largest absolute Gasteiger partial charge is 0.477 e. The maximum absolute atomic E-state index is 13.8. The zero-order valence-corrected chi connectivity index (χ0v) is 47.4. The Morgan fingerprint density at radius 1 is 0.438 bits per heavy atom. The van der Waals surface area contributed by atoms with Crippen LogP contribution in [0.3, 0.4) is 0 Å². The van der Waals surface area contributed by atoms with Crippen molar-refractivity contribution >= 4 is 41.1 Å². The highest BCUT2D eigenvalue weighted by Crippen LogP contribution is 2.31. The van der Waals surface area contributed by atoms with Gasteiger partial charge in [0.2, 0.25) is 5.92 Å². The van der Waals surface area contributed by atoms with Gasteiger partial charge in [-0.1, -0.05) is 244 Å². The number of H-pyrrole nitrogens is 3. The molecule has 0 saturated carbocycles. The van der Waals surface area contributed by atoms with E-state index in [1.54, 1.807) is 6.07 Å². The van der Waals surface area contributed by atoms with E-state index in [1.807, 2.05) is 0 Å². The van der Waals surface area contributed by atoms with Crippen molar-refractivity contribution in [2.45, 2.75) is 278 Å². The molecule has 0 amide bonds. The number of carboxylic acids is 3. The van der Waals surface area contributed by atoms with Gasteiger partial charge >= 0.3 is 17.9 Å². The molecule has 0 unspecified atom stereocenters. The predicted molar refractivity (Wildman–Crippen MR) is 297 cm³/mol. The number of aromatic nitrogens is 3. The lowest BCUT2D eigenvalue weighted by Crippen LogP contribution is -2.17. The van der Waals surface area contributed by atoms with Crippen molar-refractivity contribution in [3.05, 3.63) is 68.2 Å². The number of aryl methyl sites for hydroxylation is 2. The molecule has 3 aromatic heterocycles. The molecule has 0 aliphatic heterocycles. The van der Waals surface area contributed by atoms with Crippen molar-refractivity contribution in [1.29, 1.82) is 0 Å². The van der Waals surface area contributed by atoms with Gasteiger partial charge in [0.15, 0.2) is 11.5 Å². The van der Waals surface area contributed by atoms with Gasteiger partial charge in [-0.25, -0.2) is 27.6 Å². The van der Waals surface area contributed by atoms with E-state index in [0.29, 0.717) is 22.8 Å². The van der Waals surface area contributed by atoms with Crippen LogP contribution >= 0.6 is 23.2 Å². The molecule has 0 bridgehead atoms. The SMILES string of the molecule is CCCCCCCCCC(F)(F)CCc1cc(Cl)c(C(=O)O)[nH]1.CCCCCCCCCCC(C)(C)Cc1cc(Cl)c(C(=O)O)[nH]1.CCCCCCCCCCCCCCCCCCc1cc(F)c(C(=O)O)[nH]1. The minimum Gasteiger partial charge on any atom is -0.477 e. The molecule has 0 aliphatic carbocycles. The number of aromatic amines is 3. The summed E-state index contributed by atoms with van der Waals surface area (Å²) in [6, 6.07) is 4.48. The first-order valence-corrected chi connectivity index (χ1v) is 29.3. The number of hydrogen-bond donors (Lipinski definition) is 6. The van der Waals surface area contributed by atoms with Gasteiger partial charge in [-0.2, -0.15) is 0 Å². The Morgan fingerprint density at radius 3 is 1.12 bits per heavy atom. The van der Waals surface area contributed by atoms with Crippen molar-refractivity contribution in [3.8, 4) is 0 Å². The van der Waals surface area contributed by atoms with Gasteiger partial charge in [0.05, 0.1) is 10.0 Å². The number of rotatable bonds is 42. The number of halogens is 5. The second kappa shape index (κ2) is 40.9. The minimum absolute atomic E-state index is 0.0582. The van der Waals surface area contributed by atoms with Crippen LogP contribution in [0.5, 0.6) is 0 Å². The van der Waals surface area contributed by atoms with Gasteiger partial charge in [0, 0.05) is 29.9 Å². The summed E-state index contributed by atoms with van der Waals surface area (Å²) in [5, 5.41) is 27.1. The van der Waals surface area contributed by atoms with Crippen LogP contribution in [-0.4, -0.2) is 54.1 Å². The Balaban J connectivity index is 0.000000550. The molecule has 0 aliphatic rings. The second-order valence-corrected chi connectivity index (χ2v) is 22.1. The summed E-state index contributed by atoms with van der Waals surface area (Å²) in [6.07, 6.45) is 41.4. The highest BCUT2D eigenvalue weighted by Gasteiger charge is 2.28. The highest BCUT2D eigenvalue weighted by molar-refractivity contribution is 6.33. The van der Waals surface area contributed by atoms with Crippen molar-refractivity contribution in [3.63, 3.8) is 0 Å². The quantitative estimate of drug-likeness (QED) is 0.0310. The van der Waals surface area contributed by atoms with Crippen LogP contribution in [0.1, 0.15) is 301 Å². The third-order valence-corrected chi connectivity index (χ3v) is 14.3. The molecule has 6 N–H and O–H groups in total. The van der Waals surface area contributed by atoms with Crippen LogP contribution in [0.2, 0.25) is 10.0 Å². The summed E-state index contributed by atoms with van der Waals surface area (Å²) < 4.78 is 41.0. The van der Waals surface area contributed by atoms with E-state index in [2.05, 4.69) is 49.6 Å². The molecule has 14 heteroatoms. The highest BCUT2D eigenvalue weighted by atomic mass is 35.5. The molecule has 0 atom stereocenters. The number of hydrogen-bond acceptors (Lipinski definition) is 3. The molecule has 3 rings (SSSR count). The molecule has 3 aromatic rings. The van der Waals surface area contributed by atoms with Gasteiger partial charge in [-0.05, 0) is 62.1 Å². The van der Waals surface area contributed by atoms with Crippen LogP contribution in [0, 0.1) is 11.2 Å². The van der Waals surface area contributed by atoms with Gasteiger partial charge in [-0.3, -0.25) is 0 Å². The van der Waals surface area contributed by atoms with E-state index < -0.39 is 29.6 Å². The van der Waals surface area contributed by atoms with Crippen LogP contribution < -0.4 is 0 Å². The number of unbranched alkanes of at least 4 members (excludes halogenated alkanes) is 28. The van der Waals surface area contributed by atoms with Crippen LogP contribution in [0.4, 0.5) is 13.2 Å². The van der Waals surface area contributed by atoms with Crippen molar-refractivity contribution < 1.29 is 42.9 Å². The van der Waals surface area contributed by atoms with Gasteiger partial charge < -0.3 is 30.3 Å². The second-order valence-electron chi connectivity index (χ2n) is 21.3. The molecular weight excluding hydrogens is 975 g/mol. The topological polar surface area (TPSA) is 159 Å². The Labute approximate surface area is 448 Å². The number of nitrogens with one attached hydrogen (secondary N) is 3. The van der Waals surface area contributed by atoms with Gasteiger partial charge in [-0.15, -0.1) is 0 Å². The average molecular weight is 1070 g/mol. The third-order valence-electron chi connectivity index (χ3n) is 13.7. The maximum atomic E-state index is 13.8. The lowest BCUT2D eigenvalue weighted by Gasteiger charge is -2.24. The molecule has 420 valence electrons. The zero-order valence-electron chi connectivity index (χ0n) is 45.9. The minimum atomic E-state index is -2.72. The number of alkyl halides is 2. The van der Waals surface area contributed by atoms with Crippen LogP contribution in [0.25, 0.3) is 0 Å². The molecule has 0 fully saturated rings. The Hall–Kier alpha value is -3.38. The Morgan fingerprint density at radius 2 is 0.753 bits per heavy atom. The lowest BCUT2D eigenvalue weighted by molar-refractivity contribution is -0.0183. The average Bonchev–Trinajstić information content (AvgIpc) is 4.03. The standard InChI is InChI=1S/C23H40FNO2.C19H32ClNO2.C17H26ClF2NO2/c1-2-3-4-5-6-7-8-9-10-11-12-13-14-15-16-17-18-20-19-21(24)22(25-20)23(26)27;1-4-5-6-7-8-9-10-11-12-19(2,3)14-15-13-16(20)17(21-15)18(22)23;1-2-3-4-5-6-7-8-10-17(19,20)11-9-13-12-14(18)15(21-13)16(22)23/h19,25H,2-18H2,1H3,(H,26,27);13,21H,4-12,14H2,1-3H3,(H,22,23);12,21H,2-11H2,1H3,(H,22,23). The van der Waals surface area contributed by atoms with Crippen molar-refractivity contribution in [1.82, 2.24) is 15.0 Å². The predicted octanol–water partition coefficient (Wildman–Crippen LogP) is 20.2. The first-order chi connectivity index (χ1) is 34.9. The van der Waals surface area contributed by atoms with E-state index in [1.165, 1.54) is 173 Å². The van der Waals surface area contributed by atoms with Crippen LogP contribution in [-0.2, 0) is 19.3 Å². The summed E-state index contributed by atoms with van der Waals surface area (Å²) in [6.45, 7) is 11.1. The fraction of sp³-hybridized carbons (Fsp3) is 0.746. The zero-order chi connectivity index (χ0) is 54.3. The van der Waals surface area contributed by atoms with Gasteiger partial charge in [0.25, 0.3) is 0 Å². The monoisotopic (exact) mass is 1070 g/mol. The van der Waals surface area contributed by atoms with E-state index in [0.717, 1.165) is 57.1 Å². The summed E-state index contributed by atoms with van der Waals surface area (Å²) in [4.78, 5) is 40.8. The fourth-order valence-electron chi connectivity index (χ4n) is 9.26. The van der Waals surface area contributed by atoms with Gasteiger partial charge in [0.1, 0.15) is 11.4 Å². The lowest BCUT2D eigenvalue weighted by atomic mass is 9.82. The summed E-state index contributed by atoms with van der Waals surface area (Å²) in [5.41, 5.74) is 1.84. The summed E-state index contributed by atoms with van der Waals surface area (Å²) >= 11 is 11.7.